The standard InChI is InChI=1S/C49H63NO10/c1-3-50-44(55)14-10-5-4-9-13-36-37(42(53)30-41(36)52)20-18-35(17-15-32-11-7-6-8-12-32)59-46(57)22-21-45(56)58-31-43(54)49-28-25-40-38-19-16-33-29-34(51)23-26-47(33,2)39(38)24-27-48(40,49)60-49/h4,6-9,11-12,18,20,24,29,35-38,40-42,52-53H,3,5,10,13-17,19,21-23,25-28,30-31H2,1-2H3,(H,50,55)/b9-4-,20-18+/t35-,36+,37+,38+,40-,41-,42+,47-,48+,49-/m0/s1. The Morgan fingerprint density at radius 3 is 2.60 bits per heavy atom. The highest BCUT2D eigenvalue weighted by Gasteiger charge is 2.81. The van der Waals surface area contributed by atoms with E-state index in [0.29, 0.717) is 57.4 Å². The maximum Gasteiger partial charge on any atom is 0.306 e. The van der Waals surface area contributed by atoms with E-state index in [1.807, 2.05) is 61.6 Å². The number of hydrogen-bond acceptors (Lipinski definition) is 10. The predicted molar refractivity (Wildman–Crippen MR) is 224 cm³/mol. The van der Waals surface area contributed by atoms with Crippen LogP contribution in [0, 0.1) is 29.1 Å². The Morgan fingerprint density at radius 1 is 1.00 bits per heavy atom. The van der Waals surface area contributed by atoms with Crippen molar-refractivity contribution in [2.24, 2.45) is 29.1 Å². The Balaban J connectivity index is 0.900. The maximum absolute atomic E-state index is 13.7. The number of benzene rings is 1. The van der Waals surface area contributed by atoms with E-state index in [9.17, 15) is 34.2 Å². The fourth-order valence-corrected chi connectivity index (χ4v) is 11.3. The lowest BCUT2D eigenvalue weighted by Crippen LogP contribution is -2.45. The molecule has 0 bridgehead atoms. The van der Waals surface area contributed by atoms with Crippen LogP contribution >= 0.6 is 0 Å². The van der Waals surface area contributed by atoms with Gasteiger partial charge in [0.15, 0.2) is 18.0 Å². The molecular formula is C49H63NO10. The Labute approximate surface area is 354 Å². The Kier molecular flexibility index (Phi) is 13.8. The van der Waals surface area contributed by atoms with Crippen molar-refractivity contribution in [1.82, 2.24) is 5.32 Å². The number of unbranched alkanes of at least 4 members (excludes halogenated alkanes) is 1. The summed E-state index contributed by atoms with van der Waals surface area (Å²) in [6, 6.07) is 9.84. The molecule has 1 spiro atoms. The van der Waals surface area contributed by atoms with Crippen LogP contribution in [0.15, 0.2) is 77.9 Å². The van der Waals surface area contributed by atoms with Gasteiger partial charge in [-0.05, 0) is 113 Å². The average Bonchev–Trinajstić information content (AvgIpc) is 3.63. The summed E-state index contributed by atoms with van der Waals surface area (Å²) in [5.41, 5.74) is 2.12. The number of ether oxygens (including phenoxy) is 3. The fourth-order valence-electron chi connectivity index (χ4n) is 11.3. The summed E-state index contributed by atoms with van der Waals surface area (Å²) >= 11 is 0. The first-order valence-corrected chi connectivity index (χ1v) is 22.4. The topological polar surface area (TPSA) is 169 Å². The summed E-state index contributed by atoms with van der Waals surface area (Å²) in [5.74, 6) is -1.24. The minimum atomic E-state index is -0.942. The zero-order chi connectivity index (χ0) is 42.5. The van der Waals surface area contributed by atoms with Crippen LogP contribution in [-0.4, -0.2) is 82.3 Å². The number of aliphatic hydroxyl groups excluding tert-OH is 2. The number of aliphatic hydroxyl groups is 2. The Morgan fingerprint density at radius 2 is 1.80 bits per heavy atom. The number of carbonyl (C=O) groups is 5. The number of epoxide rings is 1. The van der Waals surface area contributed by atoms with Crippen molar-refractivity contribution in [3.63, 3.8) is 0 Å². The van der Waals surface area contributed by atoms with Gasteiger partial charge in [0.2, 0.25) is 11.7 Å². The molecule has 11 nitrogen and oxygen atoms in total. The average molecular weight is 826 g/mol. The lowest BCUT2D eigenvalue weighted by Gasteiger charge is -2.50. The third-order valence-corrected chi connectivity index (χ3v) is 14.6. The second kappa shape index (κ2) is 18.8. The second-order valence-corrected chi connectivity index (χ2v) is 18.1. The van der Waals surface area contributed by atoms with Gasteiger partial charge >= 0.3 is 11.9 Å². The largest absolute Gasteiger partial charge is 0.458 e. The van der Waals surface area contributed by atoms with Crippen molar-refractivity contribution in [3.8, 4) is 0 Å². The molecule has 0 aromatic heterocycles. The van der Waals surface area contributed by atoms with E-state index in [1.165, 1.54) is 11.1 Å². The van der Waals surface area contributed by atoms with Gasteiger partial charge in [0.25, 0.3) is 0 Å². The first-order chi connectivity index (χ1) is 28.9. The van der Waals surface area contributed by atoms with Gasteiger partial charge in [-0.15, -0.1) is 0 Å². The molecule has 5 aliphatic carbocycles. The van der Waals surface area contributed by atoms with Crippen LogP contribution in [0.5, 0.6) is 0 Å². The van der Waals surface area contributed by atoms with E-state index in [-0.39, 0.29) is 59.9 Å². The molecule has 1 saturated heterocycles. The number of rotatable bonds is 19. The molecule has 3 saturated carbocycles. The number of hydrogen-bond donors (Lipinski definition) is 3. The molecule has 3 N–H and O–H groups in total. The van der Waals surface area contributed by atoms with Gasteiger partial charge in [-0.2, -0.15) is 0 Å². The molecule has 0 unspecified atom stereocenters. The molecule has 0 radical (unpaired) electrons. The van der Waals surface area contributed by atoms with Gasteiger partial charge < -0.3 is 29.7 Å². The van der Waals surface area contributed by atoms with E-state index in [1.54, 1.807) is 6.08 Å². The number of esters is 2. The summed E-state index contributed by atoms with van der Waals surface area (Å²) in [6.45, 7) is 4.37. The van der Waals surface area contributed by atoms with Gasteiger partial charge in [0.05, 0.1) is 25.0 Å². The first kappa shape index (κ1) is 43.9. The van der Waals surface area contributed by atoms with Crippen molar-refractivity contribution < 1.29 is 48.4 Å². The monoisotopic (exact) mass is 825 g/mol. The molecule has 11 heteroatoms. The van der Waals surface area contributed by atoms with Crippen molar-refractivity contribution in [1.29, 1.82) is 0 Å². The number of ketones is 2. The molecule has 324 valence electrons. The van der Waals surface area contributed by atoms with Crippen LogP contribution in [0.3, 0.4) is 0 Å². The molecule has 1 aromatic rings. The Bertz CT molecular complexity index is 1900. The van der Waals surface area contributed by atoms with Gasteiger partial charge in [0, 0.05) is 37.1 Å². The zero-order valence-electron chi connectivity index (χ0n) is 35.3. The van der Waals surface area contributed by atoms with E-state index in [0.717, 1.165) is 44.1 Å². The molecule has 1 aromatic carbocycles. The highest BCUT2D eigenvalue weighted by atomic mass is 16.6. The summed E-state index contributed by atoms with van der Waals surface area (Å²) < 4.78 is 17.7. The van der Waals surface area contributed by atoms with Crippen LogP contribution in [0.2, 0.25) is 0 Å². The van der Waals surface area contributed by atoms with Gasteiger partial charge in [-0.3, -0.25) is 24.0 Å². The number of Topliss-reactive ketones (excluding diaryl/α,β-unsaturated/α-hetero) is 1. The van der Waals surface area contributed by atoms with Crippen LogP contribution in [-0.2, 0) is 44.6 Å². The van der Waals surface area contributed by atoms with Crippen molar-refractivity contribution in [2.45, 2.75) is 146 Å². The molecular weight excluding hydrogens is 763 g/mol. The number of amides is 1. The SMILES string of the molecule is CCNC(=O)CCC/C=C\C[C@@H]1[C@@H](/C=C/[C@H](CCc2ccccc2)OC(=O)CCC(=O)OCC(=O)[C@@]23CC[C@H]4[C@@H]5CCC6=CC(=O)CC[C@]6(C)C5=CC[C@@]42O3)[C@H](O)C[C@@H]1O. The minimum absolute atomic E-state index is 0.0330. The predicted octanol–water partition coefficient (Wildman–Crippen LogP) is 6.54. The van der Waals surface area contributed by atoms with Crippen molar-refractivity contribution >= 4 is 29.4 Å². The quantitative estimate of drug-likeness (QED) is 0.0603. The number of allylic oxidation sites excluding steroid dienone is 5. The van der Waals surface area contributed by atoms with Crippen LogP contribution in [0.4, 0.5) is 0 Å². The van der Waals surface area contributed by atoms with E-state index in [2.05, 4.69) is 18.3 Å². The molecule has 10 atom stereocenters. The Hall–Kier alpha value is -4.19. The number of carbonyl (C=O) groups excluding carboxylic acids is 5. The van der Waals surface area contributed by atoms with E-state index < -0.39 is 48.1 Å². The van der Waals surface area contributed by atoms with Crippen LogP contribution < -0.4 is 5.32 Å². The normalized spacial score (nSPS) is 33.2. The number of nitrogens with one attached hydrogen (secondary N) is 1. The summed E-state index contributed by atoms with van der Waals surface area (Å²) in [6.07, 6.45) is 18.5. The molecule has 1 amide bonds. The first-order valence-electron chi connectivity index (χ1n) is 22.4. The second-order valence-electron chi connectivity index (χ2n) is 18.1. The summed E-state index contributed by atoms with van der Waals surface area (Å²) in [5, 5.41) is 24.5. The molecule has 6 aliphatic rings. The van der Waals surface area contributed by atoms with E-state index >= 15 is 0 Å². The highest BCUT2D eigenvalue weighted by Crippen LogP contribution is 2.72. The van der Waals surface area contributed by atoms with Crippen molar-refractivity contribution in [2.75, 3.05) is 13.2 Å². The molecule has 7 rings (SSSR count). The maximum atomic E-state index is 13.7. The number of aryl methyl sites for hydroxylation is 1. The fraction of sp³-hybridized carbons (Fsp3) is 0.612. The van der Waals surface area contributed by atoms with Crippen LogP contribution in [0.1, 0.15) is 116 Å². The molecule has 1 heterocycles. The number of fused-ring (bicyclic) bond motifs is 4. The van der Waals surface area contributed by atoms with Gasteiger partial charge in [0.1, 0.15) is 11.7 Å². The molecule has 4 fully saturated rings. The van der Waals surface area contributed by atoms with Gasteiger partial charge in [-0.25, -0.2) is 0 Å². The molecule has 1 aliphatic heterocycles. The van der Waals surface area contributed by atoms with Crippen molar-refractivity contribution in [3.05, 3.63) is 83.5 Å². The van der Waals surface area contributed by atoms with Gasteiger partial charge in [-0.1, -0.05) is 72.7 Å². The highest BCUT2D eigenvalue weighted by molar-refractivity contribution is 5.95. The van der Waals surface area contributed by atoms with Crippen LogP contribution in [0.25, 0.3) is 0 Å². The lowest BCUT2D eigenvalue weighted by molar-refractivity contribution is -0.154. The lowest BCUT2D eigenvalue weighted by atomic mass is 9.54. The minimum Gasteiger partial charge on any atom is -0.458 e. The third kappa shape index (κ3) is 9.19. The summed E-state index contributed by atoms with van der Waals surface area (Å²) in [4.78, 5) is 63.7. The molecule has 60 heavy (non-hydrogen) atoms. The zero-order valence-corrected chi connectivity index (χ0v) is 35.3. The third-order valence-electron chi connectivity index (χ3n) is 14.6. The van der Waals surface area contributed by atoms with E-state index in [4.69, 9.17) is 14.2 Å². The smallest absolute Gasteiger partial charge is 0.306 e. The summed E-state index contributed by atoms with van der Waals surface area (Å²) in [7, 11) is 0.